The summed E-state index contributed by atoms with van der Waals surface area (Å²) in [7, 11) is 0. The number of alkyl halides is 3. The molecule has 2 aromatic carbocycles. The molecule has 0 spiro atoms. The number of amides is 1. The Morgan fingerprint density at radius 2 is 1.93 bits per heavy atom. The van der Waals surface area contributed by atoms with Gasteiger partial charge in [-0.2, -0.15) is 13.2 Å². The average Bonchev–Trinajstić information content (AvgIpc) is 3.20. The maximum Gasteiger partial charge on any atom is 0.416 e. The largest absolute Gasteiger partial charge is 0.491 e. The molecule has 3 rings (SSSR count). The van der Waals surface area contributed by atoms with Crippen LogP contribution in [0.5, 0.6) is 5.75 Å². The lowest BCUT2D eigenvalue weighted by Gasteiger charge is -2.15. The van der Waals surface area contributed by atoms with E-state index in [2.05, 4.69) is 10.3 Å². The topological polar surface area (TPSA) is 64.4 Å². The number of ether oxygens (including phenoxy) is 1. The Balaban J connectivity index is 1.66. The van der Waals surface area contributed by atoms with E-state index in [0.29, 0.717) is 24.7 Å². The molecule has 0 saturated carbocycles. The van der Waals surface area contributed by atoms with Gasteiger partial charge in [-0.1, -0.05) is 37.3 Å². The molecule has 1 heterocycles. The van der Waals surface area contributed by atoms with E-state index < -0.39 is 17.6 Å². The van der Waals surface area contributed by atoms with Crippen molar-refractivity contribution in [2.45, 2.75) is 32.4 Å². The highest BCUT2D eigenvalue weighted by Gasteiger charge is 2.31. The van der Waals surface area contributed by atoms with Crippen LogP contribution >= 0.6 is 0 Å². The third kappa shape index (κ3) is 5.62. The Bertz CT molecular complexity index is 985. The second-order valence-corrected chi connectivity index (χ2v) is 6.59. The summed E-state index contributed by atoms with van der Waals surface area (Å²) < 4.78 is 50.2. The second-order valence-electron chi connectivity index (χ2n) is 6.59. The molecule has 3 aromatic rings. The summed E-state index contributed by atoms with van der Waals surface area (Å²) in [4.78, 5) is 16.5. The van der Waals surface area contributed by atoms with Crippen LogP contribution < -0.4 is 10.1 Å². The smallest absolute Gasteiger partial charge is 0.416 e. The van der Waals surface area contributed by atoms with Crippen LogP contribution in [0.15, 0.2) is 59.1 Å². The van der Waals surface area contributed by atoms with Crippen LogP contribution in [0.25, 0.3) is 11.3 Å². The van der Waals surface area contributed by atoms with E-state index >= 15 is 0 Å². The highest BCUT2D eigenvalue weighted by Crippen LogP contribution is 2.35. The van der Waals surface area contributed by atoms with Crippen LogP contribution in [0.1, 0.15) is 31.2 Å². The first-order valence-electron chi connectivity index (χ1n) is 9.51. The molecule has 0 aliphatic carbocycles. The zero-order chi connectivity index (χ0) is 21.6. The third-order valence-corrected chi connectivity index (χ3v) is 4.22. The summed E-state index contributed by atoms with van der Waals surface area (Å²) >= 11 is 0. The minimum Gasteiger partial charge on any atom is -0.491 e. The highest BCUT2D eigenvalue weighted by atomic mass is 19.4. The van der Waals surface area contributed by atoms with Crippen LogP contribution in [-0.2, 0) is 17.4 Å². The first kappa shape index (κ1) is 21.4. The van der Waals surface area contributed by atoms with Gasteiger partial charge in [0.2, 0.25) is 5.91 Å². The molecule has 0 aliphatic rings. The van der Waals surface area contributed by atoms with Crippen molar-refractivity contribution < 1.29 is 27.1 Å². The molecule has 0 bridgehead atoms. The monoisotopic (exact) mass is 418 g/mol. The van der Waals surface area contributed by atoms with Gasteiger partial charge in [0.1, 0.15) is 5.75 Å². The number of halogens is 3. The van der Waals surface area contributed by atoms with E-state index in [1.807, 2.05) is 37.3 Å². The molecule has 0 radical (unpaired) electrons. The second kappa shape index (κ2) is 9.47. The Hall–Kier alpha value is -3.29. The molecule has 0 atom stereocenters. The van der Waals surface area contributed by atoms with Crippen molar-refractivity contribution >= 4 is 11.6 Å². The first-order chi connectivity index (χ1) is 14.4. The predicted molar refractivity (Wildman–Crippen MR) is 106 cm³/mol. The van der Waals surface area contributed by atoms with Gasteiger partial charge < -0.3 is 14.5 Å². The number of carbonyl (C=O) groups is 1. The number of benzene rings is 2. The fraction of sp³-hybridized carbons (Fsp3) is 0.273. The van der Waals surface area contributed by atoms with Crippen molar-refractivity contribution in [3.05, 3.63) is 66.2 Å². The number of oxazole rings is 1. The Morgan fingerprint density at radius 1 is 1.17 bits per heavy atom. The number of nitrogens with zero attached hydrogens (tertiary/aromatic N) is 1. The van der Waals surface area contributed by atoms with Gasteiger partial charge in [-0.3, -0.25) is 4.79 Å². The number of rotatable bonds is 8. The van der Waals surface area contributed by atoms with Gasteiger partial charge in [0, 0.05) is 18.4 Å². The number of anilines is 1. The minimum absolute atomic E-state index is 0.00178. The van der Waals surface area contributed by atoms with Crippen molar-refractivity contribution in [2.75, 3.05) is 11.9 Å². The van der Waals surface area contributed by atoms with Crippen molar-refractivity contribution in [3.63, 3.8) is 0 Å². The summed E-state index contributed by atoms with van der Waals surface area (Å²) in [6.45, 7) is 2.20. The fourth-order valence-electron chi connectivity index (χ4n) is 2.74. The van der Waals surface area contributed by atoms with Crippen molar-refractivity contribution in [1.82, 2.24) is 4.98 Å². The van der Waals surface area contributed by atoms with Crippen LogP contribution in [0.3, 0.4) is 0 Å². The van der Waals surface area contributed by atoms with Crippen LogP contribution in [0, 0.1) is 0 Å². The third-order valence-electron chi connectivity index (χ3n) is 4.22. The number of nitrogens with one attached hydrogen (secondary N) is 1. The van der Waals surface area contributed by atoms with Crippen molar-refractivity contribution in [1.29, 1.82) is 0 Å². The maximum absolute atomic E-state index is 13.0. The Kier molecular flexibility index (Phi) is 6.76. The Morgan fingerprint density at radius 3 is 2.63 bits per heavy atom. The minimum atomic E-state index is -4.52. The zero-order valence-corrected chi connectivity index (χ0v) is 16.3. The van der Waals surface area contributed by atoms with Gasteiger partial charge in [-0.15, -0.1) is 0 Å². The van der Waals surface area contributed by atoms with Gasteiger partial charge >= 0.3 is 6.18 Å². The van der Waals surface area contributed by atoms with Crippen molar-refractivity contribution in [3.8, 4) is 17.1 Å². The van der Waals surface area contributed by atoms with Crippen LogP contribution in [0.2, 0.25) is 0 Å². The lowest BCUT2D eigenvalue weighted by atomic mass is 10.1. The van der Waals surface area contributed by atoms with Gasteiger partial charge in [-0.25, -0.2) is 4.98 Å². The molecule has 0 unspecified atom stereocenters. The fourth-order valence-corrected chi connectivity index (χ4v) is 2.74. The molecule has 1 N–H and O–H groups in total. The van der Waals surface area contributed by atoms with E-state index in [1.165, 1.54) is 6.07 Å². The molecule has 0 aliphatic heterocycles. The number of carbonyl (C=O) groups excluding carboxylic acids is 1. The number of aryl methyl sites for hydroxylation is 1. The lowest BCUT2D eigenvalue weighted by molar-refractivity contribution is -0.137. The molecular weight excluding hydrogens is 397 g/mol. The molecular formula is C22H21F3N2O3. The van der Waals surface area contributed by atoms with E-state index in [-0.39, 0.29) is 24.3 Å². The maximum atomic E-state index is 13.0. The number of hydrogen-bond acceptors (Lipinski definition) is 4. The van der Waals surface area contributed by atoms with Gasteiger partial charge in [0.25, 0.3) is 0 Å². The van der Waals surface area contributed by atoms with Crippen LogP contribution in [0.4, 0.5) is 18.9 Å². The molecule has 1 amide bonds. The predicted octanol–water partition coefficient (Wildman–Crippen LogP) is 5.72. The van der Waals surface area contributed by atoms with Gasteiger partial charge in [-0.05, 0) is 24.6 Å². The normalized spacial score (nSPS) is 11.3. The number of hydrogen-bond donors (Lipinski definition) is 1. The molecule has 0 saturated heterocycles. The van der Waals surface area contributed by atoms with Crippen LogP contribution in [-0.4, -0.2) is 17.5 Å². The highest BCUT2D eigenvalue weighted by molar-refractivity contribution is 5.92. The average molecular weight is 418 g/mol. The molecule has 1 aromatic heterocycles. The van der Waals surface area contributed by atoms with E-state index in [1.54, 1.807) is 6.20 Å². The molecule has 30 heavy (non-hydrogen) atoms. The summed E-state index contributed by atoms with van der Waals surface area (Å²) in [6.07, 6.45) is -2.05. The molecule has 158 valence electrons. The standard InChI is InChI=1S/C22H21F3N2O3/c1-2-12-29-18-9-8-16(22(23,24)25)13-17(18)27-20(28)10-11-21-26-14-19(30-21)15-6-4-3-5-7-15/h3-9,13-14H,2,10-12H2,1H3,(H,27,28). The molecule has 5 nitrogen and oxygen atoms in total. The van der Waals surface area contributed by atoms with Crippen molar-refractivity contribution in [2.24, 2.45) is 0 Å². The first-order valence-corrected chi connectivity index (χ1v) is 9.51. The molecule has 0 fully saturated rings. The quantitative estimate of drug-likeness (QED) is 0.508. The van der Waals surface area contributed by atoms with E-state index in [4.69, 9.17) is 9.15 Å². The van der Waals surface area contributed by atoms with Gasteiger partial charge in [0.05, 0.1) is 24.1 Å². The summed E-state index contributed by atoms with van der Waals surface area (Å²) in [5.74, 6) is 0.686. The zero-order valence-electron chi connectivity index (χ0n) is 16.3. The lowest BCUT2D eigenvalue weighted by Crippen LogP contribution is -2.15. The summed E-state index contributed by atoms with van der Waals surface area (Å²) in [5.41, 5.74) is -0.00936. The summed E-state index contributed by atoms with van der Waals surface area (Å²) in [5, 5.41) is 2.51. The van der Waals surface area contributed by atoms with E-state index in [0.717, 1.165) is 17.7 Å². The molecule has 8 heteroatoms. The number of aromatic nitrogens is 1. The van der Waals surface area contributed by atoms with E-state index in [9.17, 15) is 18.0 Å². The SMILES string of the molecule is CCCOc1ccc(C(F)(F)F)cc1NC(=O)CCc1ncc(-c2ccccc2)o1. The summed E-state index contributed by atoms with van der Waals surface area (Å²) in [6, 6.07) is 12.4. The Labute approximate surface area is 171 Å². The van der Waals surface area contributed by atoms with Gasteiger partial charge in [0.15, 0.2) is 11.7 Å².